The molecular weight excluding hydrogens is 280 g/mol. The molecule has 18 heavy (non-hydrogen) atoms. The fraction of sp³-hybridized carbons (Fsp3) is 0. The Morgan fingerprint density at radius 3 is 2.61 bits per heavy atom. The Morgan fingerprint density at radius 1 is 1.39 bits per heavy atom. The maximum absolute atomic E-state index is 11.3. The zero-order valence-electron chi connectivity index (χ0n) is 8.88. The van der Waals surface area contributed by atoms with E-state index in [0.29, 0.717) is 11.0 Å². The summed E-state index contributed by atoms with van der Waals surface area (Å²) >= 11 is 5.80. The molecule has 0 atom stereocenters. The van der Waals surface area contributed by atoms with Crippen LogP contribution >= 0.6 is 11.6 Å². The van der Waals surface area contributed by atoms with Gasteiger partial charge in [-0.05, 0) is 12.1 Å². The molecular formula is C8H9ClN6O2S. The second kappa shape index (κ2) is 4.12. The minimum atomic E-state index is -3.90. The van der Waals surface area contributed by atoms with Gasteiger partial charge in [0.25, 0.3) is 0 Å². The molecule has 0 fully saturated rings. The van der Waals surface area contributed by atoms with Crippen LogP contribution in [0.4, 0.5) is 5.95 Å². The monoisotopic (exact) mass is 288 g/mol. The van der Waals surface area contributed by atoms with E-state index in [9.17, 15) is 8.42 Å². The molecule has 2 rings (SSSR count). The van der Waals surface area contributed by atoms with Gasteiger partial charge in [0.05, 0.1) is 16.1 Å². The molecule has 0 amide bonds. The van der Waals surface area contributed by atoms with E-state index < -0.39 is 10.0 Å². The fourth-order valence-electron chi connectivity index (χ4n) is 1.39. The zero-order valence-corrected chi connectivity index (χ0v) is 10.5. The SMILES string of the molecule is NC(N)=Nc1nc2cc(Cl)c(S(N)(=O)=O)cc2[nH]1. The lowest BCUT2D eigenvalue weighted by molar-refractivity contribution is 0.598. The van der Waals surface area contributed by atoms with Crippen molar-refractivity contribution >= 4 is 44.6 Å². The molecule has 0 aliphatic carbocycles. The number of guanidine groups is 1. The smallest absolute Gasteiger partial charge is 0.239 e. The second-order valence-corrected chi connectivity index (χ2v) is 5.38. The summed E-state index contributed by atoms with van der Waals surface area (Å²) in [5.74, 6) is -0.0283. The Morgan fingerprint density at radius 2 is 2.06 bits per heavy atom. The number of aromatic amines is 1. The third-order valence-electron chi connectivity index (χ3n) is 2.06. The molecule has 2 aromatic rings. The van der Waals surface area contributed by atoms with E-state index in [1.54, 1.807) is 0 Å². The number of H-pyrrole nitrogens is 1. The maximum Gasteiger partial charge on any atom is 0.239 e. The first-order valence-corrected chi connectivity index (χ1v) is 6.51. The van der Waals surface area contributed by atoms with E-state index in [-0.39, 0.29) is 21.8 Å². The summed E-state index contributed by atoms with van der Waals surface area (Å²) in [4.78, 5) is 10.2. The Labute approximate surface area is 107 Å². The first-order valence-electron chi connectivity index (χ1n) is 4.59. The number of benzene rings is 1. The van der Waals surface area contributed by atoms with Gasteiger partial charge in [-0.2, -0.15) is 4.99 Å². The average Bonchev–Trinajstić information content (AvgIpc) is 2.54. The number of nitrogens with one attached hydrogen (secondary N) is 1. The van der Waals surface area contributed by atoms with Crippen LogP contribution in [0.2, 0.25) is 5.02 Å². The van der Waals surface area contributed by atoms with E-state index >= 15 is 0 Å². The lowest BCUT2D eigenvalue weighted by atomic mass is 10.3. The molecule has 0 saturated heterocycles. The molecule has 1 aromatic heterocycles. The molecule has 0 radical (unpaired) electrons. The average molecular weight is 289 g/mol. The van der Waals surface area contributed by atoms with Crippen molar-refractivity contribution in [1.82, 2.24) is 9.97 Å². The predicted molar refractivity (Wildman–Crippen MR) is 67.9 cm³/mol. The summed E-state index contributed by atoms with van der Waals surface area (Å²) in [7, 11) is -3.90. The standard InChI is InChI=1S/C8H9ClN6O2S/c9-3-1-4-5(2-6(3)18(12,16)17)14-8(13-4)15-7(10)11/h1-2H,(H2,12,16,17)(H5,10,11,13,14,15). The van der Waals surface area contributed by atoms with Crippen molar-refractivity contribution in [2.75, 3.05) is 0 Å². The van der Waals surface area contributed by atoms with Gasteiger partial charge in [-0.25, -0.2) is 18.5 Å². The number of hydrogen-bond acceptors (Lipinski definition) is 4. The van der Waals surface area contributed by atoms with Gasteiger partial charge in [-0.1, -0.05) is 11.6 Å². The van der Waals surface area contributed by atoms with Crippen molar-refractivity contribution in [2.24, 2.45) is 21.6 Å². The highest BCUT2D eigenvalue weighted by Gasteiger charge is 2.15. The van der Waals surface area contributed by atoms with E-state index in [1.807, 2.05) is 0 Å². The summed E-state index contributed by atoms with van der Waals surface area (Å²) in [6.07, 6.45) is 0. The van der Waals surface area contributed by atoms with Crippen LogP contribution in [0, 0.1) is 0 Å². The van der Waals surface area contributed by atoms with Crippen LogP contribution in [-0.2, 0) is 10.0 Å². The van der Waals surface area contributed by atoms with E-state index in [0.717, 1.165) is 0 Å². The minimum absolute atomic E-state index is 0.0206. The van der Waals surface area contributed by atoms with Crippen LogP contribution in [0.3, 0.4) is 0 Å². The molecule has 0 unspecified atom stereocenters. The number of aliphatic imine (C=N–C) groups is 1. The molecule has 7 N–H and O–H groups in total. The number of sulfonamides is 1. The highest BCUT2D eigenvalue weighted by Crippen LogP contribution is 2.26. The molecule has 0 aliphatic heterocycles. The van der Waals surface area contributed by atoms with Crippen LogP contribution in [0.1, 0.15) is 0 Å². The third kappa shape index (κ3) is 2.37. The van der Waals surface area contributed by atoms with Gasteiger partial charge < -0.3 is 16.5 Å². The van der Waals surface area contributed by atoms with Crippen molar-refractivity contribution in [2.45, 2.75) is 4.90 Å². The number of imidazole rings is 1. The number of rotatable bonds is 2. The number of primary sulfonamides is 1. The molecule has 0 bridgehead atoms. The Kier molecular flexibility index (Phi) is 2.89. The third-order valence-corrected chi connectivity index (χ3v) is 3.44. The number of fused-ring (bicyclic) bond motifs is 1. The van der Waals surface area contributed by atoms with Gasteiger partial charge in [-0.3, -0.25) is 0 Å². The van der Waals surface area contributed by atoms with Crippen molar-refractivity contribution in [3.8, 4) is 0 Å². The Bertz CT molecular complexity index is 746. The number of halogens is 1. The van der Waals surface area contributed by atoms with Gasteiger partial charge in [0.15, 0.2) is 5.96 Å². The lowest BCUT2D eigenvalue weighted by Gasteiger charge is -2.00. The topological polar surface area (TPSA) is 153 Å². The lowest BCUT2D eigenvalue weighted by Crippen LogP contribution is -2.22. The van der Waals surface area contributed by atoms with Gasteiger partial charge in [0.2, 0.25) is 16.0 Å². The number of nitrogens with two attached hydrogens (primary N) is 3. The maximum atomic E-state index is 11.3. The first kappa shape index (κ1) is 12.6. The Hall–Kier alpha value is -1.84. The van der Waals surface area contributed by atoms with E-state index in [4.69, 9.17) is 28.2 Å². The Balaban J connectivity index is 2.69. The predicted octanol–water partition coefficient (Wildman–Crippen LogP) is -0.231. The molecule has 0 saturated carbocycles. The minimum Gasteiger partial charge on any atom is -0.370 e. The normalized spacial score (nSPS) is 11.7. The molecule has 8 nitrogen and oxygen atoms in total. The molecule has 1 aromatic carbocycles. The van der Waals surface area contributed by atoms with Crippen molar-refractivity contribution < 1.29 is 8.42 Å². The van der Waals surface area contributed by atoms with Gasteiger partial charge in [0, 0.05) is 0 Å². The van der Waals surface area contributed by atoms with Crippen LogP contribution in [0.15, 0.2) is 22.0 Å². The highest BCUT2D eigenvalue weighted by atomic mass is 35.5. The van der Waals surface area contributed by atoms with Crippen LogP contribution in [0.5, 0.6) is 0 Å². The summed E-state index contributed by atoms with van der Waals surface area (Å²) in [5.41, 5.74) is 11.2. The van der Waals surface area contributed by atoms with Gasteiger partial charge in [0.1, 0.15) is 4.90 Å². The largest absolute Gasteiger partial charge is 0.370 e. The van der Waals surface area contributed by atoms with Crippen molar-refractivity contribution in [3.63, 3.8) is 0 Å². The van der Waals surface area contributed by atoms with Gasteiger partial charge >= 0.3 is 0 Å². The van der Waals surface area contributed by atoms with Crippen LogP contribution < -0.4 is 16.6 Å². The second-order valence-electron chi connectivity index (χ2n) is 3.44. The fourth-order valence-corrected chi connectivity index (χ4v) is 2.48. The van der Waals surface area contributed by atoms with Crippen LogP contribution in [0.25, 0.3) is 11.0 Å². The van der Waals surface area contributed by atoms with E-state index in [1.165, 1.54) is 12.1 Å². The summed E-state index contributed by atoms with van der Waals surface area (Å²) in [5, 5.41) is 5.00. The molecule has 0 aliphatic rings. The summed E-state index contributed by atoms with van der Waals surface area (Å²) < 4.78 is 22.5. The van der Waals surface area contributed by atoms with Gasteiger partial charge in [-0.15, -0.1) is 0 Å². The first-order chi connectivity index (χ1) is 8.27. The number of aromatic nitrogens is 2. The molecule has 0 spiro atoms. The van der Waals surface area contributed by atoms with E-state index in [2.05, 4.69) is 15.0 Å². The van der Waals surface area contributed by atoms with Crippen molar-refractivity contribution in [3.05, 3.63) is 17.2 Å². The highest BCUT2D eigenvalue weighted by molar-refractivity contribution is 7.89. The molecule has 1 heterocycles. The number of nitrogens with zero attached hydrogens (tertiary/aromatic N) is 2. The summed E-state index contributed by atoms with van der Waals surface area (Å²) in [6, 6.07) is 2.63. The zero-order chi connectivity index (χ0) is 13.5. The quantitative estimate of drug-likeness (QED) is 0.444. The van der Waals surface area contributed by atoms with Crippen molar-refractivity contribution in [1.29, 1.82) is 0 Å². The molecule has 96 valence electrons. The number of hydrogen-bond donors (Lipinski definition) is 4. The summed E-state index contributed by atoms with van der Waals surface area (Å²) in [6.45, 7) is 0. The van der Waals surface area contributed by atoms with Crippen LogP contribution in [-0.4, -0.2) is 24.3 Å². The molecule has 10 heteroatoms.